The fraction of sp³-hybridized carbons (Fsp3) is 0.462. The zero-order valence-corrected chi connectivity index (χ0v) is 11.9. The third kappa shape index (κ3) is 4.88. The van der Waals surface area contributed by atoms with Crippen molar-refractivity contribution in [3.63, 3.8) is 0 Å². The summed E-state index contributed by atoms with van der Waals surface area (Å²) in [6, 6.07) is 5.62. The molecular formula is C13H17BrO3. The summed E-state index contributed by atoms with van der Waals surface area (Å²) in [6.07, 6.45) is 0.401. The number of ketones is 1. The van der Waals surface area contributed by atoms with Crippen LogP contribution in [-0.4, -0.2) is 25.6 Å². The number of hydrogen-bond donors (Lipinski definition) is 0. The lowest BCUT2D eigenvalue weighted by Gasteiger charge is -2.10. The van der Waals surface area contributed by atoms with Crippen molar-refractivity contribution >= 4 is 21.7 Å². The first-order valence-electron chi connectivity index (χ1n) is 5.48. The number of hydrogen-bond acceptors (Lipinski definition) is 3. The molecule has 3 nitrogen and oxygen atoms in total. The van der Waals surface area contributed by atoms with Crippen LogP contribution in [0.1, 0.15) is 19.4 Å². The molecule has 0 atom stereocenters. The van der Waals surface area contributed by atoms with Crippen molar-refractivity contribution in [3.05, 3.63) is 28.2 Å². The summed E-state index contributed by atoms with van der Waals surface area (Å²) < 4.78 is 11.4. The topological polar surface area (TPSA) is 35.5 Å². The van der Waals surface area contributed by atoms with E-state index < -0.39 is 0 Å². The van der Waals surface area contributed by atoms with Gasteiger partial charge < -0.3 is 9.47 Å². The van der Waals surface area contributed by atoms with E-state index in [1.165, 1.54) is 0 Å². The average molecular weight is 301 g/mol. The smallest absolute Gasteiger partial charge is 0.162 e. The minimum Gasteiger partial charge on any atom is -0.496 e. The van der Waals surface area contributed by atoms with E-state index in [2.05, 4.69) is 15.9 Å². The quantitative estimate of drug-likeness (QED) is 0.810. The summed E-state index contributed by atoms with van der Waals surface area (Å²) in [7, 11) is 1.60. The first-order valence-corrected chi connectivity index (χ1v) is 6.28. The molecule has 0 saturated heterocycles. The summed E-state index contributed by atoms with van der Waals surface area (Å²) in [5.74, 6) is 0.779. The Balaban J connectivity index is 2.66. The third-order valence-electron chi connectivity index (χ3n) is 2.21. The fourth-order valence-corrected chi connectivity index (χ4v) is 1.82. The number of benzene rings is 1. The highest BCUT2D eigenvalue weighted by Crippen LogP contribution is 2.23. The SMILES string of the molecule is COc1ccc(Br)cc1CC(=O)COC(C)C. The van der Waals surface area contributed by atoms with Crippen LogP contribution in [0.25, 0.3) is 0 Å². The van der Waals surface area contributed by atoms with Crippen molar-refractivity contribution < 1.29 is 14.3 Å². The number of carbonyl (C=O) groups is 1. The molecule has 0 N–H and O–H groups in total. The Morgan fingerprint density at radius 3 is 2.71 bits per heavy atom. The molecular weight excluding hydrogens is 284 g/mol. The van der Waals surface area contributed by atoms with E-state index in [-0.39, 0.29) is 18.5 Å². The lowest BCUT2D eigenvalue weighted by atomic mass is 10.1. The van der Waals surface area contributed by atoms with Gasteiger partial charge in [0.05, 0.1) is 13.2 Å². The van der Waals surface area contributed by atoms with Gasteiger partial charge in [-0.2, -0.15) is 0 Å². The minimum absolute atomic E-state index is 0.0510. The van der Waals surface area contributed by atoms with Crippen molar-refractivity contribution in [2.45, 2.75) is 26.4 Å². The van der Waals surface area contributed by atoms with Crippen LogP contribution >= 0.6 is 15.9 Å². The van der Waals surface area contributed by atoms with Crippen molar-refractivity contribution in [1.82, 2.24) is 0 Å². The summed E-state index contributed by atoms with van der Waals surface area (Å²) in [5.41, 5.74) is 0.874. The third-order valence-corrected chi connectivity index (χ3v) is 2.70. The van der Waals surface area contributed by atoms with Crippen molar-refractivity contribution in [3.8, 4) is 5.75 Å². The van der Waals surface area contributed by atoms with Crippen LogP contribution in [0, 0.1) is 0 Å². The van der Waals surface area contributed by atoms with E-state index in [1.807, 2.05) is 32.0 Å². The van der Waals surface area contributed by atoms with Gasteiger partial charge in [-0.1, -0.05) is 15.9 Å². The van der Waals surface area contributed by atoms with Crippen LogP contribution in [0.15, 0.2) is 22.7 Å². The van der Waals surface area contributed by atoms with Gasteiger partial charge >= 0.3 is 0 Å². The summed E-state index contributed by atoms with van der Waals surface area (Å²) >= 11 is 3.38. The first-order chi connectivity index (χ1) is 8.02. The van der Waals surface area contributed by atoms with Gasteiger partial charge in [0.1, 0.15) is 12.4 Å². The molecule has 0 aliphatic rings. The molecule has 94 valence electrons. The molecule has 0 aromatic heterocycles. The van der Waals surface area contributed by atoms with Gasteiger partial charge in [-0.25, -0.2) is 0 Å². The Kier molecular flexibility index (Phi) is 5.65. The van der Waals surface area contributed by atoms with Crippen molar-refractivity contribution in [2.75, 3.05) is 13.7 Å². The molecule has 4 heteroatoms. The molecule has 17 heavy (non-hydrogen) atoms. The van der Waals surface area contributed by atoms with Gasteiger partial charge in [-0.05, 0) is 32.0 Å². The molecule has 0 amide bonds. The van der Waals surface area contributed by atoms with Crippen molar-refractivity contribution in [2.24, 2.45) is 0 Å². The molecule has 0 saturated carbocycles. The van der Waals surface area contributed by atoms with Gasteiger partial charge in [-0.15, -0.1) is 0 Å². The van der Waals surface area contributed by atoms with Gasteiger partial charge in [0.25, 0.3) is 0 Å². The number of Topliss-reactive ketones (excluding diaryl/α,β-unsaturated/α-hetero) is 1. The van der Waals surface area contributed by atoms with Crippen LogP contribution < -0.4 is 4.74 Å². The predicted molar refractivity (Wildman–Crippen MR) is 70.5 cm³/mol. The lowest BCUT2D eigenvalue weighted by molar-refractivity contribution is -0.124. The molecule has 0 fully saturated rings. The monoisotopic (exact) mass is 300 g/mol. The highest BCUT2D eigenvalue weighted by atomic mass is 79.9. The summed E-state index contributed by atoms with van der Waals surface area (Å²) in [5, 5.41) is 0. The van der Waals surface area contributed by atoms with Gasteiger partial charge in [0.15, 0.2) is 5.78 Å². The van der Waals surface area contributed by atoms with E-state index in [4.69, 9.17) is 9.47 Å². The highest BCUT2D eigenvalue weighted by Gasteiger charge is 2.10. The van der Waals surface area contributed by atoms with Crippen LogP contribution in [0.4, 0.5) is 0 Å². The molecule has 1 aromatic carbocycles. The zero-order valence-electron chi connectivity index (χ0n) is 10.3. The van der Waals surface area contributed by atoms with E-state index >= 15 is 0 Å². The van der Waals surface area contributed by atoms with Crippen LogP contribution in [0.2, 0.25) is 0 Å². The maximum absolute atomic E-state index is 11.7. The van der Waals surface area contributed by atoms with Crippen molar-refractivity contribution in [1.29, 1.82) is 0 Å². The molecule has 0 radical (unpaired) electrons. The fourth-order valence-electron chi connectivity index (χ4n) is 1.41. The second-order valence-electron chi connectivity index (χ2n) is 4.03. The maximum Gasteiger partial charge on any atom is 0.162 e. The number of carbonyl (C=O) groups excluding carboxylic acids is 1. The van der Waals surface area contributed by atoms with Gasteiger partial charge in [-0.3, -0.25) is 4.79 Å². The summed E-state index contributed by atoms with van der Waals surface area (Å²) in [6.45, 7) is 3.97. The Hall–Kier alpha value is -0.870. The highest BCUT2D eigenvalue weighted by molar-refractivity contribution is 9.10. The maximum atomic E-state index is 11.7. The summed E-state index contributed by atoms with van der Waals surface area (Å²) in [4.78, 5) is 11.7. The van der Waals surface area contributed by atoms with E-state index in [0.29, 0.717) is 6.42 Å². The number of rotatable bonds is 6. The van der Waals surface area contributed by atoms with Crippen LogP contribution in [-0.2, 0) is 16.0 Å². The normalized spacial score (nSPS) is 10.6. The molecule has 0 aliphatic heterocycles. The first kappa shape index (κ1) is 14.2. The number of ether oxygens (including phenoxy) is 2. The van der Waals surface area contributed by atoms with E-state index in [1.54, 1.807) is 7.11 Å². The van der Waals surface area contributed by atoms with Crippen LogP contribution in [0.5, 0.6) is 5.75 Å². The number of halogens is 1. The molecule has 1 aromatic rings. The van der Waals surface area contributed by atoms with E-state index in [0.717, 1.165) is 15.8 Å². The van der Waals surface area contributed by atoms with Gasteiger partial charge in [0.2, 0.25) is 0 Å². The lowest BCUT2D eigenvalue weighted by Crippen LogP contribution is -2.15. The standard InChI is InChI=1S/C13H17BrO3/c1-9(2)17-8-12(15)7-10-6-11(14)4-5-13(10)16-3/h4-6,9H,7-8H2,1-3H3. The minimum atomic E-state index is 0.0510. The molecule has 0 aliphatic carbocycles. The zero-order chi connectivity index (χ0) is 12.8. The second-order valence-corrected chi connectivity index (χ2v) is 4.95. The molecule has 0 heterocycles. The van der Waals surface area contributed by atoms with Crippen LogP contribution in [0.3, 0.4) is 0 Å². The predicted octanol–water partition coefficient (Wildman–Crippen LogP) is 2.99. The van der Waals surface area contributed by atoms with Gasteiger partial charge in [0, 0.05) is 16.5 Å². The Bertz CT molecular complexity index is 388. The molecule has 0 bridgehead atoms. The largest absolute Gasteiger partial charge is 0.496 e. The molecule has 0 unspecified atom stereocenters. The molecule has 0 spiro atoms. The average Bonchev–Trinajstić information content (AvgIpc) is 2.27. The Morgan fingerprint density at radius 1 is 1.41 bits per heavy atom. The second kappa shape index (κ2) is 6.77. The van der Waals surface area contributed by atoms with E-state index in [9.17, 15) is 4.79 Å². The molecule has 1 rings (SSSR count). The Labute approximate surface area is 110 Å². The number of methoxy groups -OCH3 is 1. The Morgan fingerprint density at radius 2 is 2.12 bits per heavy atom.